The number of hydrogen-bond donors (Lipinski definition) is 1. The Bertz CT molecular complexity index is 1230. The minimum atomic E-state index is -0.424. The van der Waals surface area contributed by atoms with Crippen LogP contribution in [0.15, 0.2) is 85.1 Å². The number of aromatic nitrogens is 2. The standard InChI is InChI=1S/C26H23N3O3/c1-18-8-10-20(11-9-18)24-23(17-29(28-24)16-19-6-4-3-5-7-19)25(30)27-22-14-12-21(13-15-22)26(31)32-2/h3-15,17H,16H2,1-2H3,(H,27,30). The van der Waals surface area contributed by atoms with Crippen LogP contribution in [0.3, 0.4) is 0 Å². The Kier molecular flexibility index (Phi) is 6.12. The van der Waals surface area contributed by atoms with Gasteiger partial charge >= 0.3 is 5.97 Å². The van der Waals surface area contributed by atoms with Crippen molar-refractivity contribution in [2.75, 3.05) is 12.4 Å². The molecule has 6 heteroatoms. The number of benzene rings is 3. The highest BCUT2D eigenvalue weighted by Gasteiger charge is 2.19. The first-order valence-electron chi connectivity index (χ1n) is 10.2. The normalized spacial score (nSPS) is 10.6. The van der Waals surface area contributed by atoms with Crippen molar-refractivity contribution in [1.82, 2.24) is 9.78 Å². The molecule has 0 saturated heterocycles. The Morgan fingerprint density at radius 3 is 2.28 bits per heavy atom. The number of esters is 1. The molecule has 1 heterocycles. The summed E-state index contributed by atoms with van der Waals surface area (Å²) in [7, 11) is 1.33. The molecule has 0 fully saturated rings. The third kappa shape index (κ3) is 4.75. The lowest BCUT2D eigenvalue weighted by molar-refractivity contribution is 0.0600. The van der Waals surface area contributed by atoms with E-state index >= 15 is 0 Å². The lowest BCUT2D eigenvalue weighted by Crippen LogP contribution is -2.12. The molecule has 0 aliphatic carbocycles. The van der Waals surface area contributed by atoms with Gasteiger partial charge in [0.05, 0.1) is 24.8 Å². The van der Waals surface area contributed by atoms with E-state index in [2.05, 4.69) is 5.32 Å². The maximum absolute atomic E-state index is 13.2. The number of carbonyl (C=O) groups is 2. The number of nitrogens with one attached hydrogen (secondary N) is 1. The van der Waals surface area contributed by atoms with Gasteiger partial charge in [-0.15, -0.1) is 0 Å². The van der Waals surface area contributed by atoms with Gasteiger partial charge in [0.2, 0.25) is 0 Å². The molecule has 0 radical (unpaired) electrons. The lowest BCUT2D eigenvalue weighted by atomic mass is 10.1. The van der Waals surface area contributed by atoms with E-state index in [0.29, 0.717) is 29.1 Å². The van der Waals surface area contributed by atoms with Gasteiger partial charge in [0.1, 0.15) is 5.69 Å². The monoisotopic (exact) mass is 425 g/mol. The highest BCUT2D eigenvalue weighted by molar-refractivity contribution is 6.08. The molecule has 0 atom stereocenters. The van der Waals surface area contributed by atoms with E-state index in [1.54, 1.807) is 35.1 Å². The highest BCUT2D eigenvalue weighted by atomic mass is 16.5. The molecule has 4 rings (SSSR count). The van der Waals surface area contributed by atoms with Crippen molar-refractivity contribution in [3.05, 3.63) is 107 Å². The molecule has 1 aromatic heterocycles. The molecule has 160 valence electrons. The fourth-order valence-electron chi connectivity index (χ4n) is 3.37. The van der Waals surface area contributed by atoms with E-state index in [1.807, 2.05) is 61.5 Å². The Hall–Kier alpha value is -4.19. The van der Waals surface area contributed by atoms with Gasteiger partial charge in [-0.1, -0.05) is 60.2 Å². The summed E-state index contributed by atoms with van der Waals surface area (Å²) >= 11 is 0. The van der Waals surface area contributed by atoms with Gasteiger partial charge in [-0.2, -0.15) is 5.10 Å². The van der Waals surface area contributed by atoms with Crippen molar-refractivity contribution in [2.24, 2.45) is 0 Å². The van der Waals surface area contributed by atoms with Crippen LogP contribution in [0.25, 0.3) is 11.3 Å². The quantitative estimate of drug-likeness (QED) is 0.444. The molecule has 0 bridgehead atoms. The maximum atomic E-state index is 13.2. The number of carbonyl (C=O) groups excluding carboxylic acids is 2. The van der Waals surface area contributed by atoms with Crippen LogP contribution in [0.1, 0.15) is 31.8 Å². The van der Waals surface area contributed by atoms with Crippen molar-refractivity contribution in [3.63, 3.8) is 0 Å². The predicted molar refractivity (Wildman–Crippen MR) is 124 cm³/mol. The Balaban J connectivity index is 1.63. The van der Waals surface area contributed by atoms with Gasteiger partial charge < -0.3 is 10.1 Å². The first-order valence-corrected chi connectivity index (χ1v) is 10.2. The van der Waals surface area contributed by atoms with Crippen LogP contribution in [0.5, 0.6) is 0 Å². The fourth-order valence-corrected chi connectivity index (χ4v) is 3.37. The number of methoxy groups -OCH3 is 1. The average Bonchev–Trinajstić information content (AvgIpc) is 3.24. The topological polar surface area (TPSA) is 73.2 Å². The minimum absolute atomic E-state index is 0.272. The van der Waals surface area contributed by atoms with Crippen LogP contribution in [0.4, 0.5) is 5.69 Å². The lowest BCUT2D eigenvalue weighted by Gasteiger charge is -2.07. The van der Waals surface area contributed by atoms with E-state index < -0.39 is 5.97 Å². The number of amides is 1. The first kappa shape index (κ1) is 21.1. The summed E-state index contributed by atoms with van der Waals surface area (Å²) in [6.45, 7) is 2.57. The van der Waals surface area contributed by atoms with Crippen molar-refractivity contribution in [1.29, 1.82) is 0 Å². The minimum Gasteiger partial charge on any atom is -0.465 e. The summed E-state index contributed by atoms with van der Waals surface area (Å²) in [5.74, 6) is -0.697. The van der Waals surface area contributed by atoms with Gasteiger partial charge in [0.15, 0.2) is 0 Å². The van der Waals surface area contributed by atoms with Crippen LogP contribution in [-0.2, 0) is 11.3 Å². The number of aryl methyl sites for hydroxylation is 1. The molecule has 4 aromatic rings. The Labute approximate surface area is 186 Å². The van der Waals surface area contributed by atoms with Crippen molar-refractivity contribution < 1.29 is 14.3 Å². The third-order valence-electron chi connectivity index (χ3n) is 5.08. The summed E-state index contributed by atoms with van der Waals surface area (Å²) in [5.41, 5.74) is 5.18. The van der Waals surface area contributed by atoms with Gasteiger partial charge in [-0.3, -0.25) is 9.48 Å². The van der Waals surface area contributed by atoms with Crippen LogP contribution >= 0.6 is 0 Å². The maximum Gasteiger partial charge on any atom is 0.337 e. The Morgan fingerprint density at radius 1 is 0.938 bits per heavy atom. The van der Waals surface area contributed by atoms with Gasteiger partial charge in [-0.25, -0.2) is 4.79 Å². The molecular formula is C26H23N3O3. The van der Waals surface area contributed by atoms with Crippen LogP contribution < -0.4 is 5.32 Å². The Morgan fingerprint density at radius 2 is 1.62 bits per heavy atom. The number of ether oxygens (including phenoxy) is 1. The van der Waals surface area contributed by atoms with E-state index in [0.717, 1.165) is 16.7 Å². The molecular weight excluding hydrogens is 402 g/mol. The van der Waals surface area contributed by atoms with Gasteiger partial charge in [0, 0.05) is 17.4 Å². The zero-order valence-corrected chi connectivity index (χ0v) is 17.9. The molecule has 0 aliphatic rings. The molecule has 0 spiro atoms. The van der Waals surface area contributed by atoms with E-state index in [9.17, 15) is 9.59 Å². The molecule has 3 aromatic carbocycles. The third-order valence-corrected chi connectivity index (χ3v) is 5.08. The second-order valence-electron chi connectivity index (χ2n) is 7.46. The molecule has 1 amide bonds. The van der Waals surface area contributed by atoms with Crippen LogP contribution in [0, 0.1) is 6.92 Å². The number of nitrogens with zero attached hydrogens (tertiary/aromatic N) is 2. The molecule has 0 unspecified atom stereocenters. The summed E-state index contributed by atoms with van der Waals surface area (Å²) in [4.78, 5) is 24.8. The zero-order valence-electron chi connectivity index (χ0n) is 17.9. The highest BCUT2D eigenvalue weighted by Crippen LogP contribution is 2.24. The molecule has 6 nitrogen and oxygen atoms in total. The summed E-state index contributed by atoms with van der Waals surface area (Å²) in [5, 5.41) is 7.61. The molecule has 1 N–H and O–H groups in total. The van der Waals surface area contributed by atoms with Crippen molar-refractivity contribution in [2.45, 2.75) is 13.5 Å². The predicted octanol–water partition coefficient (Wildman–Crippen LogP) is 4.95. The summed E-state index contributed by atoms with van der Waals surface area (Å²) < 4.78 is 6.49. The first-order chi connectivity index (χ1) is 15.5. The number of rotatable bonds is 6. The zero-order chi connectivity index (χ0) is 22.5. The van der Waals surface area contributed by atoms with Crippen molar-refractivity contribution >= 4 is 17.6 Å². The molecule has 32 heavy (non-hydrogen) atoms. The molecule has 0 saturated carbocycles. The van der Waals surface area contributed by atoms with Gasteiger partial charge in [-0.05, 0) is 36.8 Å². The summed E-state index contributed by atoms with van der Waals surface area (Å²) in [6, 6.07) is 24.5. The SMILES string of the molecule is COC(=O)c1ccc(NC(=O)c2cn(Cc3ccccc3)nc2-c2ccc(C)cc2)cc1. The van der Waals surface area contributed by atoms with Crippen molar-refractivity contribution in [3.8, 4) is 11.3 Å². The van der Waals surface area contributed by atoms with E-state index in [-0.39, 0.29) is 5.91 Å². The smallest absolute Gasteiger partial charge is 0.337 e. The second kappa shape index (κ2) is 9.31. The molecule has 0 aliphatic heterocycles. The second-order valence-corrected chi connectivity index (χ2v) is 7.46. The number of hydrogen-bond acceptors (Lipinski definition) is 4. The summed E-state index contributed by atoms with van der Waals surface area (Å²) in [6.07, 6.45) is 1.76. The van der Waals surface area contributed by atoms with E-state index in [1.165, 1.54) is 7.11 Å². The average molecular weight is 425 g/mol. The van der Waals surface area contributed by atoms with Gasteiger partial charge in [0.25, 0.3) is 5.91 Å². The largest absolute Gasteiger partial charge is 0.465 e. The number of anilines is 1. The fraction of sp³-hybridized carbons (Fsp3) is 0.115. The van der Waals surface area contributed by atoms with Crippen LogP contribution in [0.2, 0.25) is 0 Å². The van der Waals surface area contributed by atoms with Crippen LogP contribution in [-0.4, -0.2) is 28.8 Å². The van der Waals surface area contributed by atoms with E-state index in [4.69, 9.17) is 9.84 Å².